The lowest BCUT2D eigenvalue weighted by Crippen LogP contribution is -2.24. The van der Waals surface area contributed by atoms with Crippen LogP contribution in [0.5, 0.6) is 0 Å². The molecule has 0 bridgehead atoms. The highest BCUT2D eigenvalue weighted by Crippen LogP contribution is 2.26. The zero-order chi connectivity index (χ0) is 26.5. The molecule has 0 radical (unpaired) electrons. The van der Waals surface area contributed by atoms with E-state index < -0.39 is 10.8 Å². The number of thiazole rings is 1. The Kier molecular flexibility index (Phi) is 7.38. The second kappa shape index (κ2) is 11.2. The van der Waals surface area contributed by atoms with E-state index in [1.54, 1.807) is 4.57 Å². The SMILES string of the molecule is O=C(CSc1nnc(CNC(=O)c2ccc([N+](=O)[O-])cc2)n1-c1ccccc1)Nc1nc2ccccc2s1. The minimum atomic E-state index is -0.525. The molecule has 13 heteroatoms. The molecule has 0 aliphatic heterocycles. The third kappa shape index (κ3) is 5.68. The maximum Gasteiger partial charge on any atom is 0.269 e. The first-order chi connectivity index (χ1) is 18.5. The van der Waals surface area contributed by atoms with Crippen molar-refractivity contribution in [1.82, 2.24) is 25.1 Å². The van der Waals surface area contributed by atoms with Crippen molar-refractivity contribution in [3.63, 3.8) is 0 Å². The van der Waals surface area contributed by atoms with E-state index in [0.29, 0.717) is 16.1 Å². The zero-order valence-electron chi connectivity index (χ0n) is 19.6. The van der Waals surface area contributed by atoms with Gasteiger partial charge in [-0.25, -0.2) is 4.98 Å². The quantitative estimate of drug-likeness (QED) is 0.157. The summed E-state index contributed by atoms with van der Waals surface area (Å²) < 4.78 is 2.76. The number of nitrogens with one attached hydrogen (secondary N) is 2. The van der Waals surface area contributed by atoms with Gasteiger partial charge in [0.1, 0.15) is 0 Å². The third-order valence-corrected chi connectivity index (χ3v) is 7.22. The smallest absolute Gasteiger partial charge is 0.269 e. The number of thioether (sulfide) groups is 1. The van der Waals surface area contributed by atoms with Gasteiger partial charge in [0.05, 0.1) is 27.4 Å². The van der Waals surface area contributed by atoms with Crippen LogP contribution in [-0.2, 0) is 11.3 Å². The van der Waals surface area contributed by atoms with Gasteiger partial charge in [-0.3, -0.25) is 24.3 Å². The first-order valence-electron chi connectivity index (χ1n) is 11.3. The van der Waals surface area contributed by atoms with Gasteiger partial charge in [0.15, 0.2) is 16.1 Å². The molecule has 2 N–H and O–H groups in total. The first-order valence-corrected chi connectivity index (χ1v) is 13.1. The average Bonchev–Trinajstić information content (AvgIpc) is 3.54. The van der Waals surface area contributed by atoms with Crippen LogP contribution in [0.1, 0.15) is 16.2 Å². The zero-order valence-corrected chi connectivity index (χ0v) is 21.2. The summed E-state index contributed by atoms with van der Waals surface area (Å²) >= 11 is 2.61. The topological polar surface area (TPSA) is 145 Å². The molecule has 2 aromatic heterocycles. The van der Waals surface area contributed by atoms with Crippen molar-refractivity contribution in [2.45, 2.75) is 11.7 Å². The lowest BCUT2D eigenvalue weighted by molar-refractivity contribution is -0.384. The number of rotatable bonds is 9. The highest BCUT2D eigenvalue weighted by molar-refractivity contribution is 7.99. The van der Waals surface area contributed by atoms with Crippen LogP contribution in [0.3, 0.4) is 0 Å². The molecule has 190 valence electrons. The van der Waals surface area contributed by atoms with Gasteiger partial charge in [-0.2, -0.15) is 0 Å². The Bertz CT molecular complexity index is 1590. The Morgan fingerprint density at radius 3 is 2.45 bits per heavy atom. The van der Waals surface area contributed by atoms with Crippen LogP contribution >= 0.6 is 23.1 Å². The monoisotopic (exact) mass is 545 g/mol. The molecule has 0 aliphatic carbocycles. The van der Waals surface area contributed by atoms with Gasteiger partial charge in [-0.05, 0) is 36.4 Å². The number of aromatic nitrogens is 4. The summed E-state index contributed by atoms with van der Waals surface area (Å²) in [4.78, 5) is 40.0. The van der Waals surface area contributed by atoms with Crippen LogP contribution in [0.15, 0.2) is 84.0 Å². The maximum absolute atomic E-state index is 12.6. The van der Waals surface area contributed by atoms with E-state index in [2.05, 4.69) is 25.8 Å². The molecule has 38 heavy (non-hydrogen) atoms. The molecule has 0 fully saturated rings. The second-order valence-electron chi connectivity index (χ2n) is 7.88. The molecule has 0 atom stereocenters. The standard InChI is InChI=1S/C25H19N7O4S2/c33-22(28-24-27-19-8-4-5-9-20(19)38-24)15-37-25-30-29-21(31(25)17-6-2-1-3-7-17)14-26-23(34)16-10-12-18(13-11-16)32(35)36/h1-13H,14-15H2,(H,26,34)(H,27,28,33). The van der Waals surface area contributed by atoms with Crippen LogP contribution in [0.2, 0.25) is 0 Å². The summed E-state index contributed by atoms with van der Waals surface area (Å²) in [5, 5.41) is 25.9. The third-order valence-electron chi connectivity index (χ3n) is 5.33. The number of fused-ring (bicyclic) bond motifs is 1. The lowest BCUT2D eigenvalue weighted by Gasteiger charge is -2.11. The Morgan fingerprint density at radius 2 is 1.71 bits per heavy atom. The molecular formula is C25H19N7O4S2. The van der Waals surface area contributed by atoms with Crippen LogP contribution in [0.25, 0.3) is 15.9 Å². The van der Waals surface area contributed by atoms with Crippen LogP contribution < -0.4 is 10.6 Å². The summed E-state index contributed by atoms with van der Waals surface area (Å²) in [7, 11) is 0. The molecule has 2 amide bonds. The van der Waals surface area contributed by atoms with Gasteiger partial charge in [0, 0.05) is 23.4 Å². The van der Waals surface area contributed by atoms with Gasteiger partial charge in [0.2, 0.25) is 5.91 Å². The lowest BCUT2D eigenvalue weighted by atomic mass is 10.2. The second-order valence-corrected chi connectivity index (χ2v) is 9.85. The van der Waals surface area contributed by atoms with E-state index in [9.17, 15) is 19.7 Å². The van der Waals surface area contributed by atoms with Crippen molar-refractivity contribution in [3.8, 4) is 5.69 Å². The number of nitrogens with zero attached hydrogens (tertiary/aromatic N) is 5. The predicted molar refractivity (Wildman–Crippen MR) is 145 cm³/mol. The normalized spacial score (nSPS) is 10.8. The molecule has 0 saturated carbocycles. The molecule has 0 spiro atoms. The van der Waals surface area contributed by atoms with Crippen LogP contribution in [0.4, 0.5) is 10.8 Å². The Morgan fingerprint density at radius 1 is 0.974 bits per heavy atom. The summed E-state index contributed by atoms with van der Waals surface area (Å²) in [6.07, 6.45) is 0. The number of non-ortho nitro benzene ring substituents is 1. The van der Waals surface area contributed by atoms with E-state index >= 15 is 0 Å². The molecule has 0 aliphatic rings. The van der Waals surface area contributed by atoms with Gasteiger partial charge in [-0.15, -0.1) is 10.2 Å². The van der Waals surface area contributed by atoms with E-state index in [0.717, 1.165) is 15.9 Å². The number of benzene rings is 3. The summed E-state index contributed by atoms with van der Waals surface area (Å²) in [5.74, 6) is -0.104. The number of amides is 2. The summed E-state index contributed by atoms with van der Waals surface area (Å²) in [6, 6.07) is 22.3. The van der Waals surface area contributed by atoms with Gasteiger partial charge in [0.25, 0.3) is 11.6 Å². The molecule has 0 saturated heterocycles. The molecule has 5 rings (SSSR count). The molecular weight excluding hydrogens is 526 g/mol. The van der Waals surface area contributed by atoms with Crippen molar-refractivity contribution in [2.24, 2.45) is 0 Å². The maximum atomic E-state index is 12.6. The molecule has 5 aromatic rings. The van der Waals surface area contributed by atoms with E-state index in [1.807, 2.05) is 54.6 Å². The Labute approximate surface area is 224 Å². The Balaban J connectivity index is 1.28. The largest absolute Gasteiger partial charge is 0.345 e. The van der Waals surface area contributed by atoms with Crippen molar-refractivity contribution >= 4 is 55.9 Å². The van der Waals surface area contributed by atoms with Gasteiger partial charge < -0.3 is 10.6 Å². The highest BCUT2D eigenvalue weighted by atomic mass is 32.2. The number of carbonyl (C=O) groups excluding carboxylic acids is 2. The highest BCUT2D eigenvalue weighted by Gasteiger charge is 2.18. The van der Waals surface area contributed by atoms with Crippen LogP contribution in [-0.4, -0.2) is 42.2 Å². The number of anilines is 1. The van der Waals surface area contributed by atoms with Crippen molar-refractivity contribution < 1.29 is 14.5 Å². The number of nitro groups is 1. The number of nitro benzene ring substituents is 1. The molecule has 11 nitrogen and oxygen atoms in total. The van der Waals surface area contributed by atoms with E-state index in [1.165, 1.54) is 47.4 Å². The first kappa shape index (κ1) is 25.0. The number of hydrogen-bond donors (Lipinski definition) is 2. The van der Waals surface area contributed by atoms with E-state index in [-0.39, 0.29) is 29.5 Å². The van der Waals surface area contributed by atoms with Gasteiger partial charge >= 0.3 is 0 Å². The Hall–Kier alpha value is -4.62. The summed E-state index contributed by atoms with van der Waals surface area (Å²) in [6.45, 7) is 0.0518. The minimum absolute atomic E-state index is 0.0518. The average molecular weight is 546 g/mol. The minimum Gasteiger partial charge on any atom is -0.345 e. The molecule has 3 aromatic carbocycles. The molecule has 0 unspecified atom stereocenters. The predicted octanol–water partition coefficient (Wildman–Crippen LogP) is 4.45. The fourth-order valence-electron chi connectivity index (χ4n) is 3.55. The summed E-state index contributed by atoms with van der Waals surface area (Å²) in [5.41, 5.74) is 1.78. The fourth-order valence-corrected chi connectivity index (χ4v) is 5.20. The molecule has 2 heterocycles. The van der Waals surface area contributed by atoms with Crippen molar-refractivity contribution in [1.29, 1.82) is 0 Å². The van der Waals surface area contributed by atoms with Gasteiger partial charge in [-0.1, -0.05) is 53.4 Å². The number of hydrogen-bond acceptors (Lipinski definition) is 9. The number of carbonyl (C=O) groups is 2. The fraction of sp³-hybridized carbons (Fsp3) is 0.0800. The van der Waals surface area contributed by atoms with Crippen molar-refractivity contribution in [2.75, 3.05) is 11.1 Å². The van der Waals surface area contributed by atoms with E-state index in [4.69, 9.17) is 0 Å². The van der Waals surface area contributed by atoms with Crippen LogP contribution in [0, 0.1) is 10.1 Å². The van der Waals surface area contributed by atoms with Crippen molar-refractivity contribution in [3.05, 3.63) is 100 Å². The number of para-hydroxylation sites is 2.